The fraction of sp³-hybridized carbons (Fsp3) is 0.391. The lowest BCUT2D eigenvalue weighted by atomic mass is 9.70. The molecule has 1 aromatic carbocycles. The predicted molar refractivity (Wildman–Crippen MR) is 105 cm³/mol. The smallest absolute Gasteiger partial charge is 0.232 e. The maximum atomic E-state index is 13.3. The molecule has 1 aliphatic carbocycles. The van der Waals surface area contributed by atoms with Crippen LogP contribution in [0.3, 0.4) is 0 Å². The first-order chi connectivity index (χ1) is 12.8. The molecule has 1 aromatic heterocycles. The van der Waals surface area contributed by atoms with Crippen LogP contribution in [-0.4, -0.2) is 11.7 Å². The van der Waals surface area contributed by atoms with Gasteiger partial charge >= 0.3 is 0 Å². The van der Waals surface area contributed by atoms with E-state index in [1.54, 1.807) is 11.2 Å². The van der Waals surface area contributed by atoms with Crippen LogP contribution in [0.4, 0.5) is 5.69 Å². The number of hydrogen-bond acceptors (Lipinski definition) is 3. The van der Waals surface area contributed by atoms with Gasteiger partial charge in [0.15, 0.2) is 5.78 Å². The molecule has 1 unspecified atom stereocenters. The first-order valence-electron chi connectivity index (χ1n) is 9.47. The van der Waals surface area contributed by atoms with Gasteiger partial charge < -0.3 is 4.42 Å². The van der Waals surface area contributed by atoms with Crippen molar-refractivity contribution < 1.29 is 14.0 Å². The lowest BCUT2D eigenvalue weighted by Crippen LogP contribution is -2.44. The van der Waals surface area contributed by atoms with Gasteiger partial charge in [-0.1, -0.05) is 26.0 Å². The number of amides is 1. The van der Waals surface area contributed by atoms with Gasteiger partial charge in [0.25, 0.3) is 0 Å². The monoisotopic (exact) mass is 363 g/mol. The van der Waals surface area contributed by atoms with E-state index in [2.05, 4.69) is 13.8 Å². The molecule has 0 saturated heterocycles. The number of furan rings is 1. The Kier molecular flexibility index (Phi) is 4.10. The van der Waals surface area contributed by atoms with Gasteiger partial charge in [-0.15, -0.1) is 0 Å². The Labute approximate surface area is 159 Å². The van der Waals surface area contributed by atoms with Crippen LogP contribution in [0.1, 0.15) is 55.9 Å². The summed E-state index contributed by atoms with van der Waals surface area (Å²) in [5.41, 5.74) is 4.45. The number of benzene rings is 1. The van der Waals surface area contributed by atoms with Crippen LogP contribution in [0, 0.1) is 19.3 Å². The normalized spacial score (nSPS) is 22.2. The number of rotatable bonds is 2. The summed E-state index contributed by atoms with van der Waals surface area (Å²) in [6.07, 6.45) is 3.06. The van der Waals surface area contributed by atoms with E-state index in [0.29, 0.717) is 18.6 Å². The van der Waals surface area contributed by atoms with Crippen molar-refractivity contribution in [2.75, 3.05) is 4.90 Å². The van der Waals surface area contributed by atoms with E-state index in [9.17, 15) is 9.59 Å². The molecule has 1 atom stereocenters. The molecule has 0 fully saturated rings. The Morgan fingerprint density at radius 3 is 2.59 bits per heavy atom. The molecule has 4 rings (SSSR count). The van der Waals surface area contributed by atoms with E-state index in [0.717, 1.165) is 28.1 Å². The molecule has 4 nitrogen and oxygen atoms in total. The third-order valence-corrected chi connectivity index (χ3v) is 5.64. The van der Waals surface area contributed by atoms with Crippen LogP contribution in [0.25, 0.3) is 0 Å². The van der Waals surface area contributed by atoms with Crippen LogP contribution in [-0.2, 0) is 9.59 Å². The molecule has 1 aliphatic heterocycles. The summed E-state index contributed by atoms with van der Waals surface area (Å²) in [5.74, 6) is 0.566. The number of aryl methyl sites for hydroxylation is 2. The summed E-state index contributed by atoms with van der Waals surface area (Å²) in [6, 6.07) is 9.80. The minimum atomic E-state index is -0.285. The van der Waals surface area contributed by atoms with Crippen LogP contribution < -0.4 is 4.90 Å². The summed E-state index contributed by atoms with van der Waals surface area (Å²) in [4.78, 5) is 28.2. The van der Waals surface area contributed by atoms with Gasteiger partial charge in [0.2, 0.25) is 5.91 Å². The van der Waals surface area contributed by atoms with Crippen molar-refractivity contribution in [2.24, 2.45) is 5.41 Å². The van der Waals surface area contributed by atoms with E-state index in [4.69, 9.17) is 4.42 Å². The number of ketones is 1. The fourth-order valence-electron chi connectivity index (χ4n) is 4.39. The minimum absolute atomic E-state index is 0.0225. The van der Waals surface area contributed by atoms with Crippen LogP contribution >= 0.6 is 0 Å². The summed E-state index contributed by atoms with van der Waals surface area (Å²) in [7, 11) is 0. The Bertz CT molecular complexity index is 950. The second kappa shape index (κ2) is 6.22. The largest absolute Gasteiger partial charge is 0.469 e. The quantitative estimate of drug-likeness (QED) is 0.749. The molecule has 140 valence electrons. The molecule has 1 amide bonds. The first-order valence-corrected chi connectivity index (χ1v) is 9.47. The standard InChI is InChI=1S/C23H25NO3/c1-14-7-8-15(2)17(10-14)24-18-12-23(3,4)13-19(25)22(18)16(11-21(24)26)20-6-5-9-27-20/h5-10,16H,11-13H2,1-4H3. The van der Waals surface area contributed by atoms with Crippen molar-refractivity contribution in [3.63, 3.8) is 0 Å². The maximum Gasteiger partial charge on any atom is 0.232 e. The van der Waals surface area contributed by atoms with E-state index in [-0.39, 0.29) is 29.4 Å². The molecule has 0 radical (unpaired) electrons. The average molecular weight is 363 g/mol. The molecule has 2 aliphatic rings. The summed E-state index contributed by atoms with van der Waals surface area (Å²) >= 11 is 0. The van der Waals surface area contributed by atoms with Crippen molar-refractivity contribution in [3.8, 4) is 0 Å². The van der Waals surface area contributed by atoms with Gasteiger partial charge in [-0.05, 0) is 55.0 Å². The van der Waals surface area contributed by atoms with Crippen molar-refractivity contribution >= 4 is 17.4 Å². The van der Waals surface area contributed by atoms with Gasteiger partial charge in [-0.2, -0.15) is 0 Å². The average Bonchev–Trinajstić information content (AvgIpc) is 3.10. The molecular formula is C23H25NO3. The van der Waals surface area contributed by atoms with Crippen molar-refractivity contribution in [3.05, 3.63) is 64.8 Å². The van der Waals surface area contributed by atoms with Gasteiger partial charge in [-0.3, -0.25) is 14.5 Å². The number of anilines is 1. The van der Waals surface area contributed by atoms with Crippen molar-refractivity contribution in [1.29, 1.82) is 0 Å². The molecule has 4 heteroatoms. The summed E-state index contributed by atoms with van der Waals surface area (Å²) in [6.45, 7) is 8.22. The maximum absolute atomic E-state index is 13.3. The molecule has 2 aromatic rings. The Hall–Kier alpha value is -2.62. The fourth-order valence-corrected chi connectivity index (χ4v) is 4.39. The number of hydrogen-bond donors (Lipinski definition) is 0. The second-order valence-electron chi connectivity index (χ2n) is 8.59. The van der Waals surface area contributed by atoms with Crippen molar-refractivity contribution in [1.82, 2.24) is 0 Å². The highest BCUT2D eigenvalue weighted by Crippen LogP contribution is 2.48. The number of carbonyl (C=O) groups is 2. The number of carbonyl (C=O) groups excluding carboxylic acids is 2. The van der Waals surface area contributed by atoms with Gasteiger partial charge in [0.05, 0.1) is 17.9 Å². The van der Waals surface area contributed by atoms with E-state index >= 15 is 0 Å². The first kappa shape index (κ1) is 17.8. The Morgan fingerprint density at radius 2 is 1.89 bits per heavy atom. The zero-order valence-electron chi connectivity index (χ0n) is 16.3. The zero-order chi connectivity index (χ0) is 19.3. The highest BCUT2D eigenvalue weighted by atomic mass is 16.3. The number of nitrogens with zero attached hydrogens (tertiary/aromatic N) is 1. The summed E-state index contributed by atoms with van der Waals surface area (Å²) in [5, 5.41) is 0. The predicted octanol–water partition coefficient (Wildman–Crippen LogP) is 5.06. The third-order valence-electron chi connectivity index (χ3n) is 5.64. The number of Topliss-reactive ketones (excluding diaryl/α,β-unsaturated/α-hetero) is 1. The number of allylic oxidation sites excluding steroid dienone is 2. The van der Waals surface area contributed by atoms with Gasteiger partial charge in [0.1, 0.15) is 5.76 Å². The Balaban J connectivity index is 1.93. The van der Waals surface area contributed by atoms with E-state index in [1.165, 1.54) is 0 Å². The van der Waals surface area contributed by atoms with Crippen LogP contribution in [0.5, 0.6) is 0 Å². The zero-order valence-corrected chi connectivity index (χ0v) is 16.3. The molecule has 2 heterocycles. The molecule has 0 saturated carbocycles. The third kappa shape index (κ3) is 3.03. The van der Waals surface area contributed by atoms with Crippen LogP contribution in [0.2, 0.25) is 0 Å². The second-order valence-corrected chi connectivity index (χ2v) is 8.59. The topological polar surface area (TPSA) is 50.5 Å². The lowest BCUT2D eigenvalue weighted by Gasteiger charge is -2.42. The van der Waals surface area contributed by atoms with E-state index in [1.807, 2.05) is 44.2 Å². The van der Waals surface area contributed by atoms with Crippen LogP contribution in [0.15, 0.2) is 52.3 Å². The molecule has 0 bridgehead atoms. The molecule has 0 spiro atoms. The minimum Gasteiger partial charge on any atom is -0.469 e. The van der Waals surface area contributed by atoms with Crippen molar-refractivity contribution in [2.45, 2.75) is 52.9 Å². The Morgan fingerprint density at radius 1 is 1.11 bits per heavy atom. The van der Waals surface area contributed by atoms with E-state index < -0.39 is 0 Å². The summed E-state index contributed by atoms with van der Waals surface area (Å²) < 4.78 is 5.60. The highest BCUT2D eigenvalue weighted by Gasteiger charge is 2.45. The molecular weight excluding hydrogens is 338 g/mol. The van der Waals surface area contributed by atoms with Gasteiger partial charge in [-0.25, -0.2) is 0 Å². The molecule has 0 N–H and O–H groups in total. The lowest BCUT2D eigenvalue weighted by molar-refractivity contribution is -0.121. The van der Waals surface area contributed by atoms with Gasteiger partial charge in [0, 0.05) is 24.1 Å². The molecule has 27 heavy (non-hydrogen) atoms. The SMILES string of the molecule is Cc1ccc(C)c(N2C(=O)CC(c3ccco3)C3=C2CC(C)(C)CC3=O)c1. The highest BCUT2D eigenvalue weighted by molar-refractivity contribution is 6.08.